The smallest absolute Gasteiger partial charge is 0.263 e. The van der Waals surface area contributed by atoms with E-state index in [1.54, 1.807) is 7.05 Å². The molecule has 1 saturated heterocycles. The van der Waals surface area contributed by atoms with Crippen molar-refractivity contribution in [3.8, 4) is 0 Å². The van der Waals surface area contributed by atoms with Crippen molar-refractivity contribution in [2.75, 3.05) is 30.4 Å². The van der Waals surface area contributed by atoms with Gasteiger partial charge in [-0.2, -0.15) is 0 Å². The van der Waals surface area contributed by atoms with Crippen LogP contribution in [0, 0.1) is 11.6 Å². The highest BCUT2D eigenvalue weighted by Crippen LogP contribution is 2.25. The summed E-state index contributed by atoms with van der Waals surface area (Å²) < 4.78 is 26.8. The second-order valence-electron chi connectivity index (χ2n) is 5.28. The first-order valence-corrected chi connectivity index (χ1v) is 8.03. The molecule has 1 fully saturated rings. The molecule has 2 heterocycles. The second kappa shape index (κ2) is 6.49. The molecule has 23 heavy (non-hydrogen) atoms. The van der Waals surface area contributed by atoms with E-state index in [1.165, 1.54) is 29.7 Å². The van der Waals surface area contributed by atoms with E-state index in [4.69, 9.17) is 0 Å². The number of nitrogens with zero attached hydrogens (tertiary/aromatic N) is 2. The van der Waals surface area contributed by atoms with Crippen LogP contribution in [0.15, 0.2) is 24.4 Å². The van der Waals surface area contributed by atoms with Gasteiger partial charge in [0.25, 0.3) is 5.91 Å². The van der Waals surface area contributed by atoms with Crippen molar-refractivity contribution < 1.29 is 13.6 Å². The third-order valence-electron chi connectivity index (χ3n) is 3.72. The van der Waals surface area contributed by atoms with Gasteiger partial charge in [-0.25, -0.2) is 13.8 Å². The van der Waals surface area contributed by atoms with Gasteiger partial charge in [-0.3, -0.25) is 4.79 Å². The third kappa shape index (κ3) is 3.42. The minimum Gasteiger partial charge on any atom is -0.367 e. The first-order chi connectivity index (χ1) is 11.1. The van der Waals surface area contributed by atoms with Crippen molar-refractivity contribution in [2.24, 2.45) is 0 Å². The van der Waals surface area contributed by atoms with E-state index in [2.05, 4.69) is 15.6 Å². The number of benzene rings is 1. The lowest BCUT2D eigenvalue weighted by Gasteiger charge is -2.19. The van der Waals surface area contributed by atoms with Crippen LogP contribution in [-0.2, 0) is 0 Å². The fourth-order valence-electron chi connectivity index (χ4n) is 2.59. The van der Waals surface area contributed by atoms with E-state index in [9.17, 15) is 13.6 Å². The molecule has 2 N–H and O–H groups in total. The Labute approximate surface area is 136 Å². The summed E-state index contributed by atoms with van der Waals surface area (Å²) in [7, 11) is 1.74. The number of nitrogens with one attached hydrogen (secondary N) is 2. The van der Waals surface area contributed by atoms with Gasteiger partial charge in [0.2, 0.25) is 0 Å². The lowest BCUT2D eigenvalue weighted by Crippen LogP contribution is -2.36. The molecule has 1 aromatic heterocycles. The van der Waals surface area contributed by atoms with Crippen molar-refractivity contribution in [3.05, 3.63) is 40.9 Å². The van der Waals surface area contributed by atoms with E-state index < -0.39 is 11.6 Å². The topological polar surface area (TPSA) is 57.3 Å². The summed E-state index contributed by atoms with van der Waals surface area (Å²) in [5.74, 6) is -1.37. The van der Waals surface area contributed by atoms with Crippen LogP contribution in [0.5, 0.6) is 0 Å². The summed E-state index contributed by atoms with van der Waals surface area (Å²) in [6, 6.07) is 3.46. The standard InChI is InChI=1S/C15H16F2N4OS/c1-18-15-19-7-13(23-15)14(22)20-10-4-5-21(8-10)12-3-2-9(16)6-11(12)17/h2-3,6-7,10H,4-5,8H2,1H3,(H,18,19)(H,20,22). The van der Waals surface area contributed by atoms with E-state index in [0.29, 0.717) is 35.2 Å². The largest absolute Gasteiger partial charge is 0.367 e. The fraction of sp³-hybridized carbons (Fsp3) is 0.333. The van der Waals surface area contributed by atoms with Crippen LogP contribution < -0.4 is 15.5 Å². The fourth-order valence-corrected chi connectivity index (χ4v) is 3.26. The zero-order chi connectivity index (χ0) is 16.4. The van der Waals surface area contributed by atoms with Gasteiger partial charge in [-0.05, 0) is 18.6 Å². The molecule has 1 atom stereocenters. The molecule has 3 rings (SSSR count). The Morgan fingerprint density at radius 2 is 2.26 bits per heavy atom. The van der Waals surface area contributed by atoms with Crippen LogP contribution in [0.4, 0.5) is 19.6 Å². The van der Waals surface area contributed by atoms with Gasteiger partial charge in [-0.15, -0.1) is 0 Å². The quantitative estimate of drug-likeness (QED) is 0.899. The number of hydrogen-bond donors (Lipinski definition) is 2. The van der Waals surface area contributed by atoms with Crippen molar-refractivity contribution in [1.82, 2.24) is 10.3 Å². The average Bonchev–Trinajstić information content (AvgIpc) is 3.16. The molecule has 1 unspecified atom stereocenters. The SMILES string of the molecule is CNc1ncc(C(=O)NC2CCN(c3ccc(F)cc3F)C2)s1. The van der Waals surface area contributed by atoms with Crippen LogP contribution in [0.1, 0.15) is 16.1 Å². The Balaban J connectivity index is 1.62. The number of anilines is 2. The second-order valence-corrected chi connectivity index (χ2v) is 6.31. The summed E-state index contributed by atoms with van der Waals surface area (Å²) in [5.41, 5.74) is 0.360. The number of rotatable bonds is 4. The van der Waals surface area contributed by atoms with Gasteiger partial charge in [0.05, 0.1) is 11.9 Å². The van der Waals surface area contributed by atoms with Gasteiger partial charge in [0.1, 0.15) is 16.5 Å². The Morgan fingerprint density at radius 1 is 1.43 bits per heavy atom. The van der Waals surface area contributed by atoms with Gasteiger partial charge >= 0.3 is 0 Å². The van der Waals surface area contributed by atoms with Crippen LogP contribution in [0.3, 0.4) is 0 Å². The highest BCUT2D eigenvalue weighted by Gasteiger charge is 2.26. The Hall–Kier alpha value is -2.22. The number of carbonyl (C=O) groups excluding carboxylic acids is 1. The Bertz CT molecular complexity index is 721. The number of amides is 1. The number of thiazole rings is 1. The normalized spacial score (nSPS) is 17.3. The number of aromatic nitrogens is 1. The Kier molecular flexibility index (Phi) is 4.42. The zero-order valence-corrected chi connectivity index (χ0v) is 13.3. The average molecular weight is 338 g/mol. The molecule has 1 aromatic carbocycles. The minimum absolute atomic E-state index is 0.0768. The third-order valence-corrected chi connectivity index (χ3v) is 4.73. The molecule has 0 radical (unpaired) electrons. The van der Waals surface area contributed by atoms with Crippen molar-refractivity contribution in [3.63, 3.8) is 0 Å². The number of hydrogen-bond acceptors (Lipinski definition) is 5. The lowest BCUT2D eigenvalue weighted by atomic mass is 10.2. The maximum Gasteiger partial charge on any atom is 0.263 e. The molecule has 5 nitrogen and oxygen atoms in total. The van der Waals surface area contributed by atoms with Crippen LogP contribution in [0.2, 0.25) is 0 Å². The van der Waals surface area contributed by atoms with Gasteiger partial charge in [0.15, 0.2) is 5.13 Å². The van der Waals surface area contributed by atoms with Crippen molar-refractivity contribution in [2.45, 2.75) is 12.5 Å². The lowest BCUT2D eigenvalue weighted by molar-refractivity contribution is 0.0944. The number of halogens is 2. The Morgan fingerprint density at radius 3 is 2.96 bits per heavy atom. The van der Waals surface area contributed by atoms with E-state index in [1.807, 2.05) is 4.90 Å². The highest BCUT2D eigenvalue weighted by molar-refractivity contribution is 7.17. The van der Waals surface area contributed by atoms with Crippen molar-refractivity contribution in [1.29, 1.82) is 0 Å². The molecule has 0 saturated carbocycles. The summed E-state index contributed by atoms with van der Waals surface area (Å²) in [6.07, 6.45) is 2.23. The van der Waals surface area contributed by atoms with Crippen LogP contribution in [0.25, 0.3) is 0 Å². The molecule has 0 bridgehead atoms. The minimum atomic E-state index is -0.596. The van der Waals surface area contributed by atoms with E-state index >= 15 is 0 Å². The number of carbonyl (C=O) groups is 1. The van der Waals surface area contributed by atoms with Crippen LogP contribution >= 0.6 is 11.3 Å². The van der Waals surface area contributed by atoms with Crippen LogP contribution in [-0.4, -0.2) is 37.1 Å². The van der Waals surface area contributed by atoms with Crippen molar-refractivity contribution >= 4 is 28.1 Å². The monoisotopic (exact) mass is 338 g/mol. The first kappa shape index (κ1) is 15.7. The maximum atomic E-state index is 13.8. The van der Waals surface area contributed by atoms with Gasteiger partial charge < -0.3 is 15.5 Å². The first-order valence-electron chi connectivity index (χ1n) is 7.21. The summed E-state index contributed by atoms with van der Waals surface area (Å²) in [4.78, 5) is 18.6. The molecule has 122 valence electrons. The predicted octanol–water partition coefficient (Wildman–Crippen LogP) is 2.47. The summed E-state index contributed by atoms with van der Waals surface area (Å²) in [5, 5.41) is 6.49. The molecular weight excluding hydrogens is 322 g/mol. The zero-order valence-electron chi connectivity index (χ0n) is 12.5. The van der Waals surface area contributed by atoms with E-state index in [-0.39, 0.29) is 11.9 Å². The molecule has 2 aromatic rings. The molecular formula is C15H16F2N4OS. The summed E-state index contributed by atoms with van der Waals surface area (Å²) in [6.45, 7) is 1.10. The highest BCUT2D eigenvalue weighted by atomic mass is 32.1. The van der Waals surface area contributed by atoms with Gasteiger partial charge in [0, 0.05) is 32.2 Å². The molecule has 8 heteroatoms. The summed E-state index contributed by atoms with van der Waals surface area (Å²) >= 11 is 1.28. The van der Waals surface area contributed by atoms with E-state index in [0.717, 1.165) is 6.07 Å². The molecule has 1 amide bonds. The predicted molar refractivity (Wildman–Crippen MR) is 86.1 cm³/mol. The molecule has 1 aliphatic heterocycles. The molecule has 0 aliphatic carbocycles. The van der Waals surface area contributed by atoms with Gasteiger partial charge in [-0.1, -0.05) is 11.3 Å². The maximum absolute atomic E-state index is 13.8. The molecule has 1 aliphatic rings. The molecule has 0 spiro atoms.